The first-order chi connectivity index (χ1) is 17.0. The summed E-state index contributed by atoms with van der Waals surface area (Å²) in [4.78, 5) is 39.4. The van der Waals surface area contributed by atoms with Crippen LogP contribution in [0.1, 0.15) is 31.9 Å². The zero-order chi connectivity index (χ0) is 26.7. The number of likely N-dealkylation sites (N-methyl/N-ethyl adjacent to an activating group) is 1. The topological polar surface area (TPSA) is 121 Å². The molecule has 9 heteroatoms. The Morgan fingerprint density at radius 2 is 1.78 bits per heavy atom. The quantitative estimate of drug-likeness (QED) is 0.244. The van der Waals surface area contributed by atoms with Crippen LogP contribution in [0.25, 0.3) is 10.9 Å². The van der Waals surface area contributed by atoms with Crippen molar-refractivity contribution >= 4 is 29.4 Å². The molecule has 1 aromatic heterocycles. The highest BCUT2D eigenvalue weighted by atomic mass is 16.6. The molecule has 1 heterocycles. The molecule has 1 atom stereocenters. The SMILES string of the molecule is CN(C)CCc1c[nH]c2cccc(OC(=O)[C@H](Cc3ccccc3)NC(=O)OC(C)(C)C)c12.O=CO. The molecule has 0 aliphatic heterocycles. The molecule has 0 aliphatic rings. The summed E-state index contributed by atoms with van der Waals surface area (Å²) >= 11 is 0. The van der Waals surface area contributed by atoms with Gasteiger partial charge in [-0.25, -0.2) is 9.59 Å². The molecule has 3 N–H and O–H groups in total. The standard InChI is InChI=1S/C26H33N3O4.CH2O2/c1-26(2,3)33-25(31)28-21(16-18-10-7-6-8-11-18)24(30)32-22-13-9-12-20-23(22)19(17-27-20)14-15-29(4)5;2-1-3/h6-13,17,21,27H,14-16H2,1-5H3,(H,28,31);1H,(H,2,3)/t21-;/m0./s1. The van der Waals surface area contributed by atoms with E-state index in [4.69, 9.17) is 19.4 Å². The monoisotopic (exact) mass is 497 g/mol. The van der Waals surface area contributed by atoms with Crippen LogP contribution >= 0.6 is 0 Å². The van der Waals surface area contributed by atoms with Crippen molar-refractivity contribution in [1.29, 1.82) is 0 Å². The van der Waals surface area contributed by atoms with Gasteiger partial charge in [-0.3, -0.25) is 4.79 Å². The van der Waals surface area contributed by atoms with Crippen molar-refractivity contribution in [3.8, 4) is 5.75 Å². The molecule has 0 radical (unpaired) electrons. The number of rotatable bonds is 8. The highest BCUT2D eigenvalue weighted by Crippen LogP contribution is 2.29. The first kappa shape index (κ1) is 28.4. The smallest absolute Gasteiger partial charge is 0.408 e. The minimum absolute atomic E-state index is 0.250. The molecule has 0 fully saturated rings. The van der Waals surface area contributed by atoms with Crippen LogP contribution in [-0.4, -0.2) is 65.8 Å². The second kappa shape index (κ2) is 13.3. The van der Waals surface area contributed by atoms with Gasteiger partial charge in [0.2, 0.25) is 0 Å². The van der Waals surface area contributed by atoms with Crippen molar-refractivity contribution in [1.82, 2.24) is 15.2 Å². The zero-order valence-electron chi connectivity index (χ0n) is 21.4. The van der Waals surface area contributed by atoms with Crippen LogP contribution in [0.4, 0.5) is 4.79 Å². The fourth-order valence-electron chi connectivity index (χ4n) is 3.52. The molecular formula is C27H35N3O6. The van der Waals surface area contributed by atoms with Crippen LogP contribution in [0, 0.1) is 0 Å². The maximum atomic E-state index is 13.3. The first-order valence-electron chi connectivity index (χ1n) is 11.6. The third-order valence-corrected chi connectivity index (χ3v) is 5.05. The van der Waals surface area contributed by atoms with Gasteiger partial charge in [-0.15, -0.1) is 0 Å². The third kappa shape index (κ3) is 9.07. The van der Waals surface area contributed by atoms with Crippen molar-refractivity contribution < 1.29 is 29.0 Å². The predicted octanol–water partition coefficient (Wildman–Crippen LogP) is 4.01. The molecule has 3 rings (SSSR count). The largest absolute Gasteiger partial charge is 0.483 e. The molecule has 0 aliphatic carbocycles. The lowest BCUT2D eigenvalue weighted by Crippen LogP contribution is -2.46. The summed E-state index contributed by atoms with van der Waals surface area (Å²) in [7, 11) is 4.04. The van der Waals surface area contributed by atoms with E-state index >= 15 is 0 Å². The van der Waals surface area contributed by atoms with Crippen LogP contribution in [-0.2, 0) is 27.2 Å². The van der Waals surface area contributed by atoms with E-state index in [0.717, 1.165) is 35.0 Å². The lowest BCUT2D eigenvalue weighted by Gasteiger charge is -2.23. The van der Waals surface area contributed by atoms with Crippen LogP contribution < -0.4 is 10.1 Å². The maximum absolute atomic E-state index is 13.3. The fraction of sp³-hybridized carbons (Fsp3) is 0.370. The van der Waals surface area contributed by atoms with Gasteiger partial charge in [0, 0.05) is 30.1 Å². The highest BCUT2D eigenvalue weighted by molar-refractivity contribution is 5.92. The average Bonchev–Trinajstić information content (AvgIpc) is 3.21. The van der Waals surface area contributed by atoms with Crippen LogP contribution in [0.3, 0.4) is 0 Å². The number of nitrogens with one attached hydrogen (secondary N) is 2. The summed E-state index contributed by atoms with van der Waals surface area (Å²) in [5, 5.41) is 10.5. The lowest BCUT2D eigenvalue weighted by molar-refractivity contribution is -0.136. The predicted molar refractivity (Wildman–Crippen MR) is 138 cm³/mol. The Balaban J connectivity index is 0.00000145. The highest BCUT2D eigenvalue weighted by Gasteiger charge is 2.27. The summed E-state index contributed by atoms with van der Waals surface area (Å²) in [5.74, 6) is -0.0754. The number of fused-ring (bicyclic) bond motifs is 1. The number of aromatic amines is 1. The van der Waals surface area contributed by atoms with Crippen molar-refractivity contribution in [2.45, 2.75) is 45.3 Å². The number of carbonyl (C=O) groups is 3. The molecule has 9 nitrogen and oxygen atoms in total. The average molecular weight is 498 g/mol. The Bertz CT molecular complexity index is 1140. The van der Waals surface area contributed by atoms with Gasteiger partial charge in [0.25, 0.3) is 6.47 Å². The number of hydrogen-bond acceptors (Lipinski definition) is 6. The van der Waals surface area contributed by atoms with E-state index in [1.54, 1.807) is 26.8 Å². The van der Waals surface area contributed by atoms with Crippen LogP contribution in [0.2, 0.25) is 0 Å². The summed E-state index contributed by atoms with van der Waals surface area (Å²) in [5.41, 5.74) is 2.20. The number of carboxylic acid groups (broad SMARTS) is 1. The number of ether oxygens (including phenoxy) is 2. The van der Waals surface area contributed by atoms with Gasteiger partial charge in [0.1, 0.15) is 17.4 Å². The van der Waals surface area contributed by atoms with Crippen molar-refractivity contribution in [3.63, 3.8) is 0 Å². The number of alkyl carbamates (subject to hydrolysis) is 1. The Hall–Kier alpha value is -3.85. The van der Waals surface area contributed by atoms with Crippen LogP contribution in [0.15, 0.2) is 54.7 Å². The van der Waals surface area contributed by atoms with E-state index in [0.29, 0.717) is 5.75 Å². The Morgan fingerprint density at radius 3 is 2.39 bits per heavy atom. The van der Waals surface area contributed by atoms with E-state index < -0.39 is 23.7 Å². The summed E-state index contributed by atoms with van der Waals surface area (Å²) in [6.45, 7) is 5.95. The Labute approximate surface area is 211 Å². The van der Waals surface area contributed by atoms with Gasteiger partial charge < -0.3 is 29.8 Å². The van der Waals surface area contributed by atoms with Gasteiger partial charge in [-0.05, 0) is 64.5 Å². The maximum Gasteiger partial charge on any atom is 0.408 e. The molecule has 3 aromatic rings. The second-order valence-corrected chi connectivity index (χ2v) is 9.46. The molecule has 2 aromatic carbocycles. The normalized spacial score (nSPS) is 11.8. The van der Waals surface area contributed by atoms with Gasteiger partial charge in [0.05, 0.1) is 0 Å². The summed E-state index contributed by atoms with van der Waals surface area (Å²) < 4.78 is 11.2. The summed E-state index contributed by atoms with van der Waals surface area (Å²) in [6, 6.07) is 14.2. The molecule has 1 amide bonds. The molecule has 0 spiro atoms. The molecular weight excluding hydrogens is 462 g/mol. The number of esters is 1. The van der Waals surface area contributed by atoms with E-state index in [9.17, 15) is 9.59 Å². The van der Waals surface area contributed by atoms with E-state index in [-0.39, 0.29) is 12.9 Å². The number of carbonyl (C=O) groups excluding carboxylic acids is 2. The van der Waals surface area contributed by atoms with E-state index in [2.05, 4.69) is 15.2 Å². The molecule has 0 unspecified atom stereocenters. The third-order valence-electron chi connectivity index (χ3n) is 5.05. The van der Waals surface area contributed by atoms with E-state index in [1.807, 2.05) is 62.8 Å². The molecule has 0 saturated carbocycles. The van der Waals surface area contributed by atoms with Gasteiger partial charge in [0.15, 0.2) is 0 Å². The Kier molecular flexibility index (Phi) is 10.5. The number of hydrogen-bond donors (Lipinski definition) is 3. The second-order valence-electron chi connectivity index (χ2n) is 9.46. The van der Waals surface area contributed by atoms with Crippen molar-refractivity contribution in [2.75, 3.05) is 20.6 Å². The minimum atomic E-state index is -0.901. The van der Waals surface area contributed by atoms with Crippen LogP contribution in [0.5, 0.6) is 5.75 Å². The fourth-order valence-corrected chi connectivity index (χ4v) is 3.52. The van der Waals surface area contributed by atoms with E-state index in [1.165, 1.54) is 0 Å². The number of aromatic nitrogens is 1. The van der Waals surface area contributed by atoms with Gasteiger partial charge in [-0.2, -0.15) is 0 Å². The lowest BCUT2D eigenvalue weighted by atomic mass is 10.1. The van der Waals surface area contributed by atoms with Gasteiger partial charge >= 0.3 is 12.1 Å². The number of H-pyrrole nitrogens is 1. The first-order valence-corrected chi connectivity index (χ1v) is 11.6. The molecule has 0 saturated heterocycles. The molecule has 36 heavy (non-hydrogen) atoms. The molecule has 194 valence electrons. The number of amides is 1. The van der Waals surface area contributed by atoms with Crippen molar-refractivity contribution in [3.05, 3.63) is 65.9 Å². The minimum Gasteiger partial charge on any atom is -0.483 e. The summed E-state index contributed by atoms with van der Waals surface area (Å²) in [6.07, 6.45) is 2.39. The Morgan fingerprint density at radius 1 is 1.11 bits per heavy atom. The number of benzene rings is 2. The van der Waals surface area contributed by atoms with Crippen molar-refractivity contribution in [2.24, 2.45) is 0 Å². The zero-order valence-corrected chi connectivity index (χ0v) is 21.4. The number of nitrogens with zero attached hydrogens (tertiary/aromatic N) is 1. The molecule has 0 bridgehead atoms. The van der Waals surface area contributed by atoms with Gasteiger partial charge in [-0.1, -0.05) is 36.4 Å².